The molecule has 7 nitrogen and oxygen atoms in total. The molecule has 0 bridgehead atoms. The summed E-state index contributed by atoms with van der Waals surface area (Å²) in [5.41, 5.74) is 4.54. The highest BCUT2D eigenvalue weighted by Crippen LogP contribution is 2.36. The molecule has 0 spiro atoms. The Morgan fingerprint density at radius 2 is 2.03 bits per heavy atom. The number of nitrogens with zero attached hydrogens (tertiary/aromatic N) is 1. The molecule has 3 aromatic carbocycles. The third kappa shape index (κ3) is 5.71. The van der Waals surface area contributed by atoms with Gasteiger partial charge in [0, 0.05) is 5.56 Å². The van der Waals surface area contributed by atoms with E-state index in [-0.39, 0.29) is 12.7 Å². The summed E-state index contributed by atoms with van der Waals surface area (Å²) in [5.74, 6) is 2.18. The maximum atomic E-state index is 12.3. The van der Waals surface area contributed by atoms with E-state index in [1.165, 1.54) is 6.21 Å². The highest BCUT2D eigenvalue weighted by atomic mass is 127. The number of amides is 1. The minimum Gasteiger partial charge on any atom is -0.496 e. The molecule has 0 aromatic heterocycles. The number of fused-ring (bicyclic) bond motifs is 1. The van der Waals surface area contributed by atoms with Crippen molar-refractivity contribution in [3.63, 3.8) is 0 Å². The van der Waals surface area contributed by atoms with E-state index in [2.05, 4.69) is 49.0 Å². The molecule has 0 atom stereocenters. The highest BCUT2D eigenvalue weighted by Gasteiger charge is 2.15. The Balaban J connectivity index is 1.39. The first-order chi connectivity index (χ1) is 15.9. The Morgan fingerprint density at radius 1 is 1.21 bits per heavy atom. The number of methoxy groups -OCH3 is 1. The number of nitrogens with one attached hydrogen (secondary N) is 1. The van der Waals surface area contributed by atoms with E-state index in [9.17, 15) is 4.79 Å². The monoisotopic (exact) mass is 642 g/mol. The van der Waals surface area contributed by atoms with Crippen LogP contribution in [-0.2, 0) is 6.61 Å². The van der Waals surface area contributed by atoms with Crippen LogP contribution in [0, 0.1) is 3.57 Å². The van der Waals surface area contributed by atoms with Gasteiger partial charge in [0.05, 0.1) is 26.4 Å². The van der Waals surface area contributed by atoms with Crippen molar-refractivity contribution in [1.82, 2.24) is 5.43 Å². The van der Waals surface area contributed by atoms with Crippen molar-refractivity contribution in [3.05, 3.63) is 78.3 Å². The summed E-state index contributed by atoms with van der Waals surface area (Å²) >= 11 is 12.0. The fraction of sp³-hybridized carbons (Fsp3) is 0.130. The number of benzene rings is 3. The van der Waals surface area contributed by atoms with Crippen LogP contribution in [0.5, 0.6) is 23.0 Å². The number of hydrazone groups is 1. The summed E-state index contributed by atoms with van der Waals surface area (Å²) in [6, 6.07) is 14.3. The van der Waals surface area contributed by atoms with Gasteiger partial charge in [-0.25, -0.2) is 5.43 Å². The fourth-order valence-corrected chi connectivity index (χ4v) is 4.55. The predicted molar refractivity (Wildman–Crippen MR) is 137 cm³/mol. The Labute approximate surface area is 217 Å². The molecule has 1 aliphatic rings. The van der Waals surface area contributed by atoms with E-state index in [0.717, 1.165) is 14.9 Å². The van der Waals surface area contributed by atoms with Crippen LogP contribution in [0.25, 0.3) is 0 Å². The van der Waals surface area contributed by atoms with Crippen molar-refractivity contribution in [2.24, 2.45) is 5.10 Å². The number of carbonyl (C=O) groups excluding carboxylic acids is 1. The molecule has 10 heteroatoms. The van der Waals surface area contributed by atoms with Crippen LogP contribution < -0.4 is 24.4 Å². The average Bonchev–Trinajstić information content (AvgIpc) is 3.26. The predicted octanol–water partition coefficient (Wildman–Crippen LogP) is 5.79. The lowest BCUT2D eigenvalue weighted by Gasteiger charge is -2.11. The summed E-state index contributed by atoms with van der Waals surface area (Å²) in [4.78, 5) is 12.3. The minimum absolute atomic E-state index is 0.222. The minimum atomic E-state index is -0.352. The molecule has 33 heavy (non-hydrogen) atoms. The van der Waals surface area contributed by atoms with E-state index in [1.807, 2.05) is 18.2 Å². The van der Waals surface area contributed by atoms with E-state index in [1.54, 1.807) is 37.4 Å². The van der Waals surface area contributed by atoms with Gasteiger partial charge in [-0.05, 0) is 92.1 Å². The van der Waals surface area contributed by atoms with Gasteiger partial charge in [0.15, 0.2) is 17.2 Å². The summed E-state index contributed by atoms with van der Waals surface area (Å²) in [6.45, 7) is 0.525. The Hall–Kier alpha value is -2.50. The summed E-state index contributed by atoms with van der Waals surface area (Å²) in [6.07, 6.45) is 1.50. The zero-order chi connectivity index (χ0) is 23.4. The second kappa shape index (κ2) is 10.6. The van der Waals surface area contributed by atoms with Crippen LogP contribution >= 0.6 is 50.1 Å². The van der Waals surface area contributed by atoms with E-state index >= 15 is 0 Å². The van der Waals surface area contributed by atoms with Crippen molar-refractivity contribution in [3.8, 4) is 23.0 Å². The molecule has 0 unspecified atom stereocenters. The molecular weight excluding hydrogens is 627 g/mol. The van der Waals surface area contributed by atoms with Crippen LogP contribution in [0.1, 0.15) is 21.5 Å². The van der Waals surface area contributed by atoms with Crippen molar-refractivity contribution in [1.29, 1.82) is 0 Å². The van der Waals surface area contributed by atoms with Crippen molar-refractivity contribution >= 4 is 62.2 Å². The van der Waals surface area contributed by atoms with E-state index in [0.29, 0.717) is 44.5 Å². The number of halogens is 3. The van der Waals surface area contributed by atoms with Gasteiger partial charge in [0.1, 0.15) is 12.4 Å². The average molecular weight is 644 g/mol. The number of hydrogen-bond donors (Lipinski definition) is 1. The quantitative estimate of drug-likeness (QED) is 0.201. The molecule has 1 heterocycles. The van der Waals surface area contributed by atoms with Crippen LogP contribution in [-0.4, -0.2) is 26.0 Å². The largest absolute Gasteiger partial charge is 0.496 e. The van der Waals surface area contributed by atoms with Crippen LogP contribution in [0.15, 0.2) is 58.1 Å². The molecular formula is C23H17BrClIN2O5. The maximum Gasteiger partial charge on any atom is 0.271 e. The van der Waals surface area contributed by atoms with Gasteiger partial charge in [-0.3, -0.25) is 4.79 Å². The molecule has 170 valence electrons. The SMILES string of the molecule is COc1cc(C(=O)N/N=C\c2cc(Cl)c(OCc3ccc4c(c3)OCO4)c(Br)c2)ccc1I. The van der Waals surface area contributed by atoms with Gasteiger partial charge < -0.3 is 18.9 Å². The first-order valence-corrected chi connectivity index (χ1v) is 11.9. The van der Waals surface area contributed by atoms with Crippen molar-refractivity contribution in [2.75, 3.05) is 13.9 Å². The molecule has 3 aromatic rings. The third-order valence-corrected chi connectivity index (χ3v) is 6.39. The van der Waals surface area contributed by atoms with Gasteiger partial charge in [-0.15, -0.1) is 0 Å². The zero-order valence-electron chi connectivity index (χ0n) is 17.2. The lowest BCUT2D eigenvalue weighted by atomic mass is 10.2. The van der Waals surface area contributed by atoms with Gasteiger partial charge in [0.25, 0.3) is 5.91 Å². The standard InChI is InChI=1S/C23H17BrClIN2O5/c1-30-20-9-15(3-4-18(20)26)23(29)28-27-10-14-6-16(24)22(17(25)7-14)31-11-13-2-5-19-21(8-13)33-12-32-19/h2-10H,11-12H2,1H3,(H,28,29)/b27-10-. The molecule has 0 saturated carbocycles. The highest BCUT2D eigenvalue weighted by molar-refractivity contribution is 14.1. The number of carbonyl (C=O) groups is 1. The summed E-state index contributed by atoms with van der Waals surface area (Å²) < 4.78 is 23.4. The van der Waals surface area contributed by atoms with Crippen LogP contribution in [0.2, 0.25) is 5.02 Å². The van der Waals surface area contributed by atoms with Gasteiger partial charge in [-0.2, -0.15) is 5.10 Å². The van der Waals surface area contributed by atoms with Gasteiger partial charge in [0.2, 0.25) is 6.79 Å². The normalized spacial score (nSPS) is 12.1. The Kier molecular flexibility index (Phi) is 7.61. The molecule has 1 aliphatic heterocycles. The van der Waals surface area contributed by atoms with E-state index in [4.69, 9.17) is 30.5 Å². The Bertz CT molecular complexity index is 1210. The lowest BCUT2D eigenvalue weighted by molar-refractivity contribution is 0.0954. The number of rotatable bonds is 7. The fourth-order valence-electron chi connectivity index (χ4n) is 3.01. The summed E-state index contributed by atoms with van der Waals surface area (Å²) in [5, 5.41) is 4.42. The molecule has 0 aliphatic carbocycles. The topological polar surface area (TPSA) is 78.4 Å². The van der Waals surface area contributed by atoms with Crippen LogP contribution in [0.4, 0.5) is 0 Å². The molecule has 1 N–H and O–H groups in total. The smallest absolute Gasteiger partial charge is 0.271 e. The molecule has 4 rings (SSSR count). The second-order valence-corrected chi connectivity index (χ2v) is 9.26. The van der Waals surface area contributed by atoms with Gasteiger partial charge in [-0.1, -0.05) is 17.7 Å². The molecule has 1 amide bonds. The van der Waals surface area contributed by atoms with E-state index < -0.39 is 0 Å². The second-order valence-electron chi connectivity index (χ2n) is 6.84. The van der Waals surface area contributed by atoms with Crippen molar-refractivity contribution < 1.29 is 23.7 Å². The maximum absolute atomic E-state index is 12.3. The zero-order valence-corrected chi connectivity index (χ0v) is 21.7. The summed E-state index contributed by atoms with van der Waals surface area (Å²) in [7, 11) is 1.56. The molecule has 0 fully saturated rings. The molecule has 0 radical (unpaired) electrons. The van der Waals surface area contributed by atoms with Crippen molar-refractivity contribution in [2.45, 2.75) is 6.61 Å². The number of ether oxygens (including phenoxy) is 4. The third-order valence-electron chi connectivity index (χ3n) is 4.63. The van der Waals surface area contributed by atoms with Gasteiger partial charge >= 0.3 is 0 Å². The first-order valence-electron chi connectivity index (χ1n) is 9.62. The first kappa shape index (κ1) is 23.7. The lowest BCUT2D eigenvalue weighted by Crippen LogP contribution is -2.17. The number of hydrogen-bond acceptors (Lipinski definition) is 6. The molecule has 0 saturated heterocycles. The Morgan fingerprint density at radius 3 is 2.82 bits per heavy atom. The van der Waals surface area contributed by atoms with Crippen LogP contribution in [0.3, 0.4) is 0 Å².